The highest BCUT2D eigenvalue weighted by Gasteiger charge is 2.20. The maximum Gasteiger partial charge on any atom is 0.259 e. The molecule has 0 aliphatic rings. The maximum atomic E-state index is 13.1. The van der Waals surface area contributed by atoms with Crippen molar-refractivity contribution in [2.75, 3.05) is 7.05 Å². The van der Waals surface area contributed by atoms with Crippen LogP contribution in [0.4, 0.5) is 0 Å². The number of aryl methyl sites for hydroxylation is 3. The first-order valence-electron chi connectivity index (χ1n) is 9.66. The smallest absolute Gasteiger partial charge is 0.259 e. The number of benzene rings is 1. The van der Waals surface area contributed by atoms with Gasteiger partial charge in [-0.05, 0) is 26.8 Å². The number of amides is 1. The molecule has 4 rings (SSSR count). The van der Waals surface area contributed by atoms with Crippen LogP contribution in [0.3, 0.4) is 0 Å². The number of nitrogens with zero attached hydrogens (tertiary/aromatic N) is 6. The molecule has 148 valence electrons. The molecule has 0 saturated carbocycles. The van der Waals surface area contributed by atoms with Crippen LogP contribution in [0.5, 0.6) is 0 Å². The van der Waals surface area contributed by atoms with E-state index in [1.807, 2.05) is 42.9 Å². The van der Waals surface area contributed by atoms with Gasteiger partial charge in [-0.2, -0.15) is 10.2 Å². The van der Waals surface area contributed by atoms with E-state index in [4.69, 9.17) is 0 Å². The molecule has 0 aliphatic heterocycles. The third kappa shape index (κ3) is 3.51. The minimum atomic E-state index is -0.114. The summed E-state index contributed by atoms with van der Waals surface area (Å²) in [6.07, 6.45) is 5.31. The minimum absolute atomic E-state index is 0.114. The van der Waals surface area contributed by atoms with Gasteiger partial charge in [0, 0.05) is 43.7 Å². The average molecular weight is 388 g/mol. The number of carbonyl (C=O) groups is 1. The van der Waals surface area contributed by atoms with E-state index in [9.17, 15) is 4.79 Å². The number of hydrogen-bond acceptors (Lipinski definition) is 4. The molecule has 0 saturated heterocycles. The molecule has 0 atom stereocenters. The predicted octanol–water partition coefficient (Wildman–Crippen LogP) is 3.50. The van der Waals surface area contributed by atoms with Crippen molar-refractivity contribution in [1.29, 1.82) is 0 Å². The van der Waals surface area contributed by atoms with E-state index < -0.39 is 0 Å². The number of aromatic nitrogens is 5. The molecule has 0 fully saturated rings. The average Bonchev–Trinajstić information content (AvgIpc) is 3.31. The summed E-state index contributed by atoms with van der Waals surface area (Å²) in [5, 5.41) is 8.91. The first kappa shape index (κ1) is 18.9. The normalized spacial score (nSPS) is 11.2. The zero-order valence-corrected chi connectivity index (χ0v) is 17.1. The largest absolute Gasteiger partial charge is 0.337 e. The Morgan fingerprint density at radius 3 is 2.59 bits per heavy atom. The molecule has 0 spiro atoms. The summed E-state index contributed by atoms with van der Waals surface area (Å²) < 4.78 is 3.61. The lowest BCUT2D eigenvalue weighted by Gasteiger charge is -2.16. The van der Waals surface area contributed by atoms with E-state index in [0.29, 0.717) is 17.8 Å². The standard InChI is InChI=1S/C22H24N6O/c1-5-27-14-18(16(3)25-27)13-26(4)22(29)19-12-24-28-20(10-11-23-21(19)28)17-8-6-15(2)7-9-17/h6-12,14H,5,13H2,1-4H3. The van der Waals surface area contributed by atoms with Crippen LogP contribution in [0.2, 0.25) is 0 Å². The topological polar surface area (TPSA) is 68.3 Å². The molecule has 4 aromatic rings. The second-order valence-electron chi connectivity index (χ2n) is 7.25. The van der Waals surface area contributed by atoms with Crippen LogP contribution in [0.25, 0.3) is 16.9 Å². The Hall–Kier alpha value is -3.48. The summed E-state index contributed by atoms with van der Waals surface area (Å²) in [5.74, 6) is -0.114. The van der Waals surface area contributed by atoms with Crippen molar-refractivity contribution >= 4 is 11.6 Å². The Morgan fingerprint density at radius 1 is 1.14 bits per heavy atom. The Kier molecular flexibility index (Phi) is 4.88. The van der Waals surface area contributed by atoms with Crippen molar-refractivity contribution in [3.63, 3.8) is 0 Å². The van der Waals surface area contributed by atoms with E-state index in [1.54, 1.807) is 28.9 Å². The maximum absolute atomic E-state index is 13.1. The van der Waals surface area contributed by atoms with Crippen LogP contribution in [-0.4, -0.2) is 42.2 Å². The van der Waals surface area contributed by atoms with Gasteiger partial charge in [0.1, 0.15) is 5.56 Å². The van der Waals surface area contributed by atoms with Crippen LogP contribution in [0, 0.1) is 13.8 Å². The molecule has 0 radical (unpaired) electrons. The number of rotatable bonds is 5. The van der Waals surface area contributed by atoms with Crippen molar-refractivity contribution in [3.8, 4) is 11.3 Å². The minimum Gasteiger partial charge on any atom is -0.337 e. The van der Waals surface area contributed by atoms with Crippen LogP contribution in [0.1, 0.15) is 34.1 Å². The van der Waals surface area contributed by atoms with Gasteiger partial charge >= 0.3 is 0 Å². The Bertz CT molecular complexity index is 1170. The third-order valence-electron chi connectivity index (χ3n) is 5.11. The fourth-order valence-corrected chi connectivity index (χ4v) is 3.39. The van der Waals surface area contributed by atoms with Crippen LogP contribution < -0.4 is 0 Å². The van der Waals surface area contributed by atoms with Gasteiger partial charge in [0.15, 0.2) is 5.65 Å². The molecule has 3 heterocycles. The predicted molar refractivity (Wildman–Crippen MR) is 112 cm³/mol. The summed E-state index contributed by atoms with van der Waals surface area (Å²) in [6.45, 7) is 7.35. The zero-order valence-electron chi connectivity index (χ0n) is 17.1. The molecule has 7 heteroatoms. The monoisotopic (exact) mass is 388 g/mol. The van der Waals surface area contributed by atoms with Gasteiger partial charge in [-0.1, -0.05) is 29.8 Å². The van der Waals surface area contributed by atoms with Crippen molar-refractivity contribution < 1.29 is 4.79 Å². The second kappa shape index (κ2) is 7.50. The Balaban J connectivity index is 1.65. The SMILES string of the molecule is CCn1cc(CN(C)C(=O)c2cnn3c(-c4ccc(C)cc4)ccnc23)c(C)n1. The van der Waals surface area contributed by atoms with Gasteiger partial charge in [0.2, 0.25) is 0 Å². The quantitative estimate of drug-likeness (QED) is 0.525. The van der Waals surface area contributed by atoms with E-state index >= 15 is 0 Å². The molecule has 0 unspecified atom stereocenters. The molecule has 1 amide bonds. The molecule has 0 N–H and O–H groups in total. The summed E-state index contributed by atoms with van der Waals surface area (Å²) in [5.41, 5.74) is 6.14. The van der Waals surface area contributed by atoms with Crippen LogP contribution >= 0.6 is 0 Å². The molecule has 0 bridgehead atoms. The summed E-state index contributed by atoms with van der Waals surface area (Å²) >= 11 is 0. The molecular weight excluding hydrogens is 364 g/mol. The highest BCUT2D eigenvalue weighted by molar-refractivity contribution is 5.99. The van der Waals surface area contributed by atoms with Crippen LogP contribution in [0.15, 0.2) is 48.9 Å². The van der Waals surface area contributed by atoms with Crippen molar-refractivity contribution in [1.82, 2.24) is 29.3 Å². The second-order valence-corrected chi connectivity index (χ2v) is 7.25. The van der Waals surface area contributed by atoms with Crippen molar-refractivity contribution in [2.24, 2.45) is 0 Å². The summed E-state index contributed by atoms with van der Waals surface area (Å²) in [4.78, 5) is 19.2. The van der Waals surface area contributed by atoms with Crippen LogP contribution in [-0.2, 0) is 13.1 Å². The molecule has 1 aromatic carbocycles. The first-order chi connectivity index (χ1) is 14.0. The molecule has 3 aromatic heterocycles. The summed E-state index contributed by atoms with van der Waals surface area (Å²) in [7, 11) is 1.79. The fraction of sp³-hybridized carbons (Fsp3) is 0.273. The number of hydrogen-bond donors (Lipinski definition) is 0. The van der Waals surface area contributed by atoms with E-state index in [-0.39, 0.29) is 5.91 Å². The highest BCUT2D eigenvalue weighted by atomic mass is 16.2. The lowest BCUT2D eigenvalue weighted by atomic mass is 10.1. The van der Waals surface area contributed by atoms with E-state index in [2.05, 4.69) is 34.2 Å². The number of fused-ring (bicyclic) bond motifs is 1. The van der Waals surface area contributed by atoms with Crippen molar-refractivity contribution in [3.05, 3.63) is 71.3 Å². The van der Waals surface area contributed by atoms with Gasteiger partial charge in [0.25, 0.3) is 5.91 Å². The molecule has 29 heavy (non-hydrogen) atoms. The Labute approximate surface area is 169 Å². The summed E-state index contributed by atoms with van der Waals surface area (Å²) in [6, 6.07) is 10.1. The lowest BCUT2D eigenvalue weighted by molar-refractivity contribution is 0.0786. The first-order valence-corrected chi connectivity index (χ1v) is 9.66. The van der Waals surface area contributed by atoms with E-state index in [0.717, 1.165) is 29.1 Å². The van der Waals surface area contributed by atoms with Gasteiger partial charge in [-0.25, -0.2) is 9.50 Å². The van der Waals surface area contributed by atoms with E-state index in [1.165, 1.54) is 5.56 Å². The molecule has 0 aliphatic carbocycles. The van der Waals surface area contributed by atoms with Gasteiger partial charge < -0.3 is 4.90 Å². The molecule has 7 nitrogen and oxygen atoms in total. The zero-order chi connectivity index (χ0) is 20.5. The van der Waals surface area contributed by atoms with Gasteiger partial charge in [0.05, 0.1) is 17.6 Å². The van der Waals surface area contributed by atoms with Gasteiger partial charge in [-0.3, -0.25) is 9.48 Å². The lowest BCUT2D eigenvalue weighted by Crippen LogP contribution is -2.26. The Morgan fingerprint density at radius 2 is 1.90 bits per heavy atom. The number of carbonyl (C=O) groups excluding carboxylic acids is 1. The molecular formula is C22H24N6O. The third-order valence-corrected chi connectivity index (χ3v) is 5.11. The highest BCUT2D eigenvalue weighted by Crippen LogP contribution is 2.22. The fourth-order valence-electron chi connectivity index (χ4n) is 3.39. The van der Waals surface area contributed by atoms with Crippen molar-refractivity contribution in [2.45, 2.75) is 33.9 Å². The van der Waals surface area contributed by atoms with Gasteiger partial charge in [-0.15, -0.1) is 0 Å².